The SMILES string of the molecule is COC(=O)CCc1c(N)n(C)c2ccc(OC)cc12. The zero-order valence-electron chi connectivity index (χ0n) is 11.4. The van der Waals surface area contributed by atoms with Gasteiger partial charge in [0.1, 0.15) is 11.6 Å². The Hall–Kier alpha value is -2.17. The van der Waals surface area contributed by atoms with Gasteiger partial charge < -0.3 is 19.8 Å². The number of aryl methyl sites for hydroxylation is 2. The average molecular weight is 262 g/mol. The van der Waals surface area contributed by atoms with E-state index in [0.29, 0.717) is 18.7 Å². The number of ether oxygens (including phenoxy) is 2. The first-order valence-corrected chi connectivity index (χ1v) is 6.06. The van der Waals surface area contributed by atoms with Gasteiger partial charge in [0.15, 0.2) is 0 Å². The van der Waals surface area contributed by atoms with Crippen LogP contribution in [-0.4, -0.2) is 24.8 Å². The number of nitrogen functional groups attached to an aromatic ring is 1. The third-order valence-corrected chi connectivity index (χ3v) is 3.37. The Bertz CT molecular complexity index is 617. The molecule has 1 aromatic carbocycles. The predicted molar refractivity (Wildman–Crippen MR) is 74.2 cm³/mol. The second-order valence-electron chi connectivity index (χ2n) is 4.38. The summed E-state index contributed by atoms with van der Waals surface area (Å²) in [7, 11) is 4.92. The van der Waals surface area contributed by atoms with Crippen molar-refractivity contribution in [2.24, 2.45) is 7.05 Å². The molecule has 0 bridgehead atoms. The molecular formula is C14H18N2O3. The van der Waals surface area contributed by atoms with Crippen LogP contribution in [0.5, 0.6) is 5.75 Å². The Balaban J connectivity index is 2.45. The minimum atomic E-state index is -0.237. The third kappa shape index (κ3) is 2.36. The zero-order chi connectivity index (χ0) is 14.0. The maximum absolute atomic E-state index is 11.3. The molecule has 0 aliphatic carbocycles. The molecule has 0 spiro atoms. The first-order chi connectivity index (χ1) is 9.08. The first kappa shape index (κ1) is 13.3. The van der Waals surface area contributed by atoms with Gasteiger partial charge in [0, 0.05) is 29.9 Å². The number of esters is 1. The van der Waals surface area contributed by atoms with Crippen LogP contribution in [0.15, 0.2) is 18.2 Å². The van der Waals surface area contributed by atoms with Gasteiger partial charge in [-0.2, -0.15) is 0 Å². The Labute approximate surface area is 111 Å². The number of aromatic nitrogens is 1. The number of nitrogens with zero attached hydrogens (tertiary/aromatic N) is 1. The zero-order valence-corrected chi connectivity index (χ0v) is 11.4. The molecule has 102 valence electrons. The number of methoxy groups -OCH3 is 2. The summed E-state index contributed by atoms with van der Waals surface area (Å²) in [4.78, 5) is 11.3. The van der Waals surface area contributed by atoms with Crippen molar-refractivity contribution in [1.82, 2.24) is 4.57 Å². The van der Waals surface area contributed by atoms with Gasteiger partial charge in [-0.1, -0.05) is 0 Å². The van der Waals surface area contributed by atoms with Gasteiger partial charge >= 0.3 is 5.97 Å². The van der Waals surface area contributed by atoms with Crippen molar-refractivity contribution in [3.63, 3.8) is 0 Å². The van der Waals surface area contributed by atoms with Crippen molar-refractivity contribution >= 4 is 22.7 Å². The van der Waals surface area contributed by atoms with Crippen molar-refractivity contribution < 1.29 is 14.3 Å². The number of anilines is 1. The van der Waals surface area contributed by atoms with E-state index in [0.717, 1.165) is 22.2 Å². The highest BCUT2D eigenvalue weighted by Crippen LogP contribution is 2.31. The van der Waals surface area contributed by atoms with E-state index in [1.165, 1.54) is 7.11 Å². The van der Waals surface area contributed by atoms with Crippen molar-refractivity contribution in [3.8, 4) is 5.75 Å². The van der Waals surface area contributed by atoms with Gasteiger partial charge in [-0.25, -0.2) is 0 Å². The van der Waals surface area contributed by atoms with Crippen LogP contribution in [0, 0.1) is 0 Å². The lowest BCUT2D eigenvalue weighted by atomic mass is 10.1. The summed E-state index contributed by atoms with van der Waals surface area (Å²) in [6, 6.07) is 5.80. The molecule has 0 radical (unpaired) electrons. The number of rotatable bonds is 4. The van der Waals surface area contributed by atoms with E-state index in [-0.39, 0.29) is 5.97 Å². The number of hydrogen-bond donors (Lipinski definition) is 1. The predicted octanol–water partition coefficient (Wildman–Crippen LogP) is 1.87. The number of carbonyl (C=O) groups is 1. The van der Waals surface area contributed by atoms with Gasteiger partial charge in [0.2, 0.25) is 0 Å². The van der Waals surface area contributed by atoms with Crippen molar-refractivity contribution in [1.29, 1.82) is 0 Å². The summed E-state index contributed by atoms with van der Waals surface area (Å²) in [6.07, 6.45) is 0.875. The van der Waals surface area contributed by atoms with E-state index in [4.69, 9.17) is 10.5 Å². The standard InChI is InChI=1S/C14H18N2O3/c1-16-12-6-4-9(18-2)8-11(12)10(14(16)15)5-7-13(17)19-3/h4,6,8H,5,7,15H2,1-3H3. The summed E-state index contributed by atoms with van der Waals surface area (Å²) in [6.45, 7) is 0. The van der Waals surface area contributed by atoms with Crippen molar-refractivity contribution in [2.75, 3.05) is 20.0 Å². The maximum atomic E-state index is 11.3. The molecule has 0 unspecified atom stereocenters. The summed E-state index contributed by atoms with van der Waals surface area (Å²) in [5.41, 5.74) is 8.09. The van der Waals surface area contributed by atoms with Crippen LogP contribution < -0.4 is 10.5 Å². The van der Waals surface area contributed by atoms with Crippen LogP contribution in [0.4, 0.5) is 5.82 Å². The smallest absolute Gasteiger partial charge is 0.305 e. The topological polar surface area (TPSA) is 66.5 Å². The van der Waals surface area contributed by atoms with E-state index in [1.54, 1.807) is 7.11 Å². The lowest BCUT2D eigenvalue weighted by molar-refractivity contribution is -0.140. The van der Waals surface area contributed by atoms with E-state index in [9.17, 15) is 4.79 Å². The summed E-state index contributed by atoms with van der Waals surface area (Å²) >= 11 is 0. The average Bonchev–Trinajstić information content (AvgIpc) is 2.68. The van der Waals surface area contributed by atoms with Crippen LogP contribution in [0.25, 0.3) is 10.9 Å². The molecule has 19 heavy (non-hydrogen) atoms. The molecule has 0 saturated carbocycles. The Morgan fingerprint density at radius 3 is 2.74 bits per heavy atom. The molecule has 2 aromatic rings. The molecule has 0 amide bonds. The highest BCUT2D eigenvalue weighted by Gasteiger charge is 2.14. The van der Waals surface area contributed by atoms with E-state index < -0.39 is 0 Å². The largest absolute Gasteiger partial charge is 0.497 e. The Kier molecular flexibility index (Phi) is 3.64. The monoisotopic (exact) mass is 262 g/mol. The summed E-state index contributed by atoms with van der Waals surface area (Å²) in [5, 5.41) is 1.02. The lowest BCUT2D eigenvalue weighted by Gasteiger charge is -2.02. The second kappa shape index (κ2) is 5.22. The minimum Gasteiger partial charge on any atom is -0.497 e. The highest BCUT2D eigenvalue weighted by atomic mass is 16.5. The van der Waals surface area contributed by atoms with E-state index in [1.807, 2.05) is 29.8 Å². The second-order valence-corrected chi connectivity index (χ2v) is 4.38. The number of fused-ring (bicyclic) bond motifs is 1. The van der Waals surface area contributed by atoms with Gasteiger partial charge in [0.05, 0.1) is 14.2 Å². The van der Waals surface area contributed by atoms with Crippen LogP contribution in [0.3, 0.4) is 0 Å². The lowest BCUT2D eigenvalue weighted by Crippen LogP contribution is -2.04. The fraction of sp³-hybridized carbons (Fsp3) is 0.357. The molecule has 0 aliphatic rings. The van der Waals surface area contributed by atoms with Gasteiger partial charge in [-0.05, 0) is 24.6 Å². The van der Waals surface area contributed by atoms with Gasteiger partial charge in [-0.3, -0.25) is 4.79 Å². The normalized spacial score (nSPS) is 10.7. The first-order valence-electron chi connectivity index (χ1n) is 6.06. The summed E-state index contributed by atoms with van der Waals surface area (Å²) in [5.74, 6) is 1.21. The molecule has 0 saturated heterocycles. The molecular weight excluding hydrogens is 244 g/mol. The fourth-order valence-electron chi connectivity index (χ4n) is 2.24. The summed E-state index contributed by atoms with van der Waals surface area (Å²) < 4.78 is 11.8. The molecule has 1 heterocycles. The van der Waals surface area contributed by atoms with Crippen molar-refractivity contribution in [3.05, 3.63) is 23.8 Å². The number of hydrogen-bond acceptors (Lipinski definition) is 4. The molecule has 0 fully saturated rings. The number of carbonyl (C=O) groups excluding carboxylic acids is 1. The number of benzene rings is 1. The van der Waals surface area contributed by atoms with Crippen LogP contribution in [0.2, 0.25) is 0 Å². The molecule has 1 aromatic heterocycles. The Morgan fingerprint density at radius 1 is 1.37 bits per heavy atom. The van der Waals surface area contributed by atoms with Crippen LogP contribution >= 0.6 is 0 Å². The van der Waals surface area contributed by atoms with Gasteiger partial charge in [-0.15, -0.1) is 0 Å². The highest BCUT2D eigenvalue weighted by molar-refractivity contribution is 5.90. The minimum absolute atomic E-state index is 0.237. The van der Waals surface area contributed by atoms with Crippen LogP contribution in [0.1, 0.15) is 12.0 Å². The van der Waals surface area contributed by atoms with Gasteiger partial charge in [0.25, 0.3) is 0 Å². The van der Waals surface area contributed by atoms with E-state index in [2.05, 4.69) is 4.74 Å². The maximum Gasteiger partial charge on any atom is 0.305 e. The molecule has 0 atom stereocenters. The molecule has 0 aliphatic heterocycles. The van der Waals surface area contributed by atoms with E-state index >= 15 is 0 Å². The quantitative estimate of drug-likeness (QED) is 0.854. The van der Waals surface area contributed by atoms with Crippen LogP contribution in [-0.2, 0) is 23.0 Å². The Morgan fingerprint density at radius 2 is 2.11 bits per heavy atom. The molecule has 2 rings (SSSR count). The van der Waals surface area contributed by atoms with Crippen molar-refractivity contribution in [2.45, 2.75) is 12.8 Å². The third-order valence-electron chi connectivity index (χ3n) is 3.37. The number of nitrogens with two attached hydrogens (primary N) is 1. The fourth-order valence-corrected chi connectivity index (χ4v) is 2.24. The molecule has 2 N–H and O–H groups in total. The molecule has 5 nitrogen and oxygen atoms in total. The molecule has 5 heteroatoms.